The zero-order valence-electron chi connectivity index (χ0n) is 16.1. The van der Waals surface area contributed by atoms with E-state index in [2.05, 4.69) is 62.9 Å². The molecule has 1 aromatic carbocycles. The van der Waals surface area contributed by atoms with Crippen molar-refractivity contribution in [3.8, 4) is 0 Å². The third-order valence-corrected chi connectivity index (χ3v) is 4.68. The Kier molecular flexibility index (Phi) is 9.61. The Bertz CT molecular complexity index is 650. The second kappa shape index (κ2) is 12.0. The van der Waals surface area contributed by atoms with E-state index in [9.17, 15) is 0 Å². The number of piperidine rings is 1. The van der Waals surface area contributed by atoms with Crippen LogP contribution in [0.1, 0.15) is 25.3 Å². The number of guanidine groups is 1. The van der Waals surface area contributed by atoms with Crippen LogP contribution >= 0.6 is 24.0 Å². The fourth-order valence-electron chi connectivity index (χ4n) is 3.29. The van der Waals surface area contributed by atoms with Gasteiger partial charge in [0, 0.05) is 44.6 Å². The number of hydrogen-bond donors (Lipinski definition) is 2. The van der Waals surface area contributed by atoms with Gasteiger partial charge >= 0.3 is 0 Å². The summed E-state index contributed by atoms with van der Waals surface area (Å²) in [6, 6.07) is 13.2. The van der Waals surface area contributed by atoms with Crippen LogP contribution in [0.3, 0.4) is 0 Å². The number of benzene rings is 1. The molecular formula is C20H31IN6. The Labute approximate surface area is 179 Å². The van der Waals surface area contributed by atoms with Crippen molar-refractivity contribution in [2.45, 2.75) is 38.9 Å². The Morgan fingerprint density at radius 1 is 1.19 bits per heavy atom. The summed E-state index contributed by atoms with van der Waals surface area (Å²) in [6.07, 6.45) is 6.07. The van der Waals surface area contributed by atoms with Gasteiger partial charge in [0.25, 0.3) is 0 Å². The van der Waals surface area contributed by atoms with Crippen LogP contribution in [-0.2, 0) is 13.1 Å². The first-order chi connectivity index (χ1) is 12.8. The van der Waals surface area contributed by atoms with Gasteiger partial charge in [-0.1, -0.05) is 30.3 Å². The van der Waals surface area contributed by atoms with E-state index in [1.165, 1.54) is 5.56 Å². The number of halogens is 1. The van der Waals surface area contributed by atoms with Gasteiger partial charge in [0.1, 0.15) is 0 Å². The van der Waals surface area contributed by atoms with Gasteiger partial charge in [0.15, 0.2) is 5.96 Å². The van der Waals surface area contributed by atoms with Gasteiger partial charge in [-0.3, -0.25) is 14.6 Å². The molecule has 0 aliphatic carbocycles. The highest BCUT2D eigenvalue weighted by Gasteiger charge is 2.19. The molecule has 7 heteroatoms. The highest BCUT2D eigenvalue weighted by atomic mass is 127. The van der Waals surface area contributed by atoms with Gasteiger partial charge in [-0.25, -0.2) is 0 Å². The third kappa shape index (κ3) is 7.50. The SMILES string of the molecule is CCNC(=NCCn1cccn1)NC1CCN(Cc2ccccc2)CC1.I. The van der Waals surface area contributed by atoms with Gasteiger partial charge in [-0.2, -0.15) is 5.10 Å². The summed E-state index contributed by atoms with van der Waals surface area (Å²) in [7, 11) is 0. The lowest BCUT2D eigenvalue weighted by Gasteiger charge is -2.33. The van der Waals surface area contributed by atoms with Crippen LogP contribution < -0.4 is 10.6 Å². The molecule has 0 radical (unpaired) electrons. The van der Waals surface area contributed by atoms with Crippen molar-refractivity contribution in [2.75, 3.05) is 26.2 Å². The molecule has 27 heavy (non-hydrogen) atoms. The van der Waals surface area contributed by atoms with Crippen LogP contribution in [0.4, 0.5) is 0 Å². The second-order valence-corrected chi connectivity index (χ2v) is 6.71. The lowest BCUT2D eigenvalue weighted by molar-refractivity contribution is 0.198. The normalized spacial score (nSPS) is 16.0. The van der Waals surface area contributed by atoms with Gasteiger partial charge in [-0.15, -0.1) is 24.0 Å². The van der Waals surface area contributed by atoms with Crippen LogP contribution in [0.2, 0.25) is 0 Å². The fraction of sp³-hybridized carbons (Fsp3) is 0.500. The number of hydrogen-bond acceptors (Lipinski definition) is 3. The summed E-state index contributed by atoms with van der Waals surface area (Å²) in [5, 5.41) is 11.2. The minimum Gasteiger partial charge on any atom is -0.357 e. The molecular weight excluding hydrogens is 451 g/mol. The highest BCUT2D eigenvalue weighted by Crippen LogP contribution is 2.13. The van der Waals surface area contributed by atoms with Crippen LogP contribution in [0.25, 0.3) is 0 Å². The summed E-state index contributed by atoms with van der Waals surface area (Å²) in [6.45, 7) is 7.81. The fourth-order valence-corrected chi connectivity index (χ4v) is 3.29. The Balaban J connectivity index is 0.00000261. The smallest absolute Gasteiger partial charge is 0.191 e. The largest absolute Gasteiger partial charge is 0.357 e. The predicted molar refractivity (Wildman–Crippen MR) is 121 cm³/mol. The van der Waals surface area contributed by atoms with Crippen LogP contribution in [0, 0.1) is 0 Å². The Morgan fingerprint density at radius 2 is 1.96 bits per heavy atom. The van der Waals surface area contributed by atoms with Crippen molar-refractivity contribution in [2.24, 2.45) is 4.99 Å². The van der Waals surface area contributed by atoms with Gasteiger partial charge in [-0.05, 0) is 31.4 Å². The quantitative estimate of drug-likeness (QED) is 0.362. The molecule has 3 rings (SSSR count). The van der Waals surface area contributed by atoms with Crippen molar-refractivity contribution in [1.29, 1.82) is 0 Å². The average molecular weight is 482 g/mol. The summed E-state index contributed by atoms with van der Waals surface area (Å²) in [4.78, 5) is 7.23. The molecule has 0 amide bonds. The molecule has 0 unspecified atom stereocenters. The maximum atomic E-state index is 4.69. The number of nitrogens with zero attached hydrogens (tertiary/aromatic N) is 4. The molecule has 148 valence electrons. The molecule has 0 saturated carbocycles. The highest BCUT2D eigenvalue weighted by molar-refractivity contribution is 14.0. The predicted octanol–water partition coefficient (Wildman–Crippen LogP) is 2.72. The first-order valence-corrected chi connectivity index (χ1v) is 9.62. The number of aromatic nitrogens is 2. The van der Waals surface area contributed by atoms with E-state index in [0.717, 1.165) is 58.1 Å². The first kappa shape index (κ1) is 21.7. The third-order valence-electron chi connectivity index (χ3n) is 4.68. The van der Waals surface area contributed by atoms with Crippen molar-refractivity contribution in [1.82, 2.24) is 25.3 Å². The standard InChI is InChI=1S/C20H30N6.HI/c1-2-21-20(22-12-16-26-13-6-11-23-26)24-19-9-14-25(15-10-19)17-18-7-4-3-5-8-18;/h3-8,11,13,19H,2,9-10,12,14-17H2,1H3,(H2,21,22,24);1H. The monoisotopic (exact) mass is 482 g/mol. The van der Waals surface area contributed by atoms with Crippen molar-refractivity contribution >= 4 is 29.9 Å². The van der Waals surface area contributed by atoms with E-state index < -0.39 is 0 Å². The molecule has 1 fully saturated rings. The Morgan fingerprint density at radius 3 is 2.63 bits per heavy atom. The van der Waals surface area contributed by atoms with Gasteiger partial charge in [0.2, 0.25) is 0 Å². The molecule has 1 saturated heterocycles. The molecule has 1 aliphatic heterocycles. The van der Waals surface area contributed by atoms with E-state index in [1.807, 2.05) is 16.9 Å². The number of aliphatic imine (C=N–C) groups is 1. The van der Waals surface area contributed by atoms with E-state index in [-0.39, 0.29) is 24.0 Å². The van der Waals surface area contributed by atoms with Crippen molar-refractivity contribution < 1.29 is 0 Å². The summed E-state index contributed by atoms with van der Waals surface area (Å²) >= 11 is 0. The Hall–Kier alpha value is -1.61. The second-order valence-electron chi connectivity index (χ2n) is 6.71. The van der Waals surface area contributed by atoms with Gasteiger partial charge in [0.05, 0.1) is 13.1 Å². The average Bonchev–Trinajstić information content (AvgIpc) is 3.18. The molecule has 0 bridgehead atoms. The summed E-state index contributed by atoms with van der Waals surface area (Å²) in [5.41, 5.74) is 1.40. The summed E-state index contributed by atoms with van der Waals surface area (Å²) in [5.74, 6) is 0.918. The molecule has 0 atom stereocenters. The summed E-state index contributed by atoms with van der Waals surface area (Å²) < 4.78 is 1.91. The first-order valence-electron chi connectivity index (χ1n) is 9.62. The zero-order valence-corrected chi connectivity index (χ0v) is 18.4. The number of nitrogens with one attached hydrogen (secondary N) is 2. The molecule has 6 nitrogen and oxygen atoms in total. The lowest BCUT2D eigenvalue weighted by atomic mass is 10.0. The van der Waals surface area contributed by atoms with Crippen LogP contribution in [0.5, 0.6) is 0 Å². The lowest BCUT2D eigenvalue weighted by Crippen LogP contribution is -2.48. The maximum absolute atomic E-state index is 4.69. The maximum Gasteiger partial charge on any atom is 0.191 e. The van der Waals surface area contributed by atoms with Crippen LogP contribution in [-0.4, -0.2) is 52.9 Å². The minimum atomic E-state index is 0. The molecule has 0 spiro atoms. The topological polar surface area (TPSA) is 57.5 Å². The molecule has 1 aliphatic rings. The molecule has 2 heterocycles. The van der Waals surface area contributed by atoms with E-state index in [4.69, 9.17) is 0 Å². The van der Waals surface area contributed by atoms with Gasteiger partial charge < -0.3 is 10.6 Å². The molecule has 2 N–H and O–H groups in total. The van der Waals surface area contributed by atoms with Crippen molar-refractivity contribution in [3.63, 3.8) is 0 Å². The minimum absolute atomic E-state index is 0. The molecule has 1 aromatic heterocycles. The zero-order chi connectivity index (χ0) is 18.0. The number of likely N-dealkylation sites (tertiary alicyclic amines) is 1. The number of rotatable bonds is 7. The van der Waals surface area contributed by atoms with E-state index in [1.54, 1.807) is 6.20 Å². The molecule has 2 aromatic rings. The van der Waals surface area contributed by atoms with E-state index in [0.29, 0.717) is 6.04 Å². The van der Waals surface area contributed by atoms with E-state index >= 15 is 0 Å². The van der Waals surface area contributed by atoms with Crippen molar-refractivity contribution in [3.05, 3.63) is 54.4 Å². The van der Waals surface area contributed by atoms with Crippen LogP contribution in [0.15, 0.2) is 53.8 Å².